The molecule has 3 aromatic rings. The van der Waals surface area contributed by atoms with Crippen LogP contribution < -0.4 is 0 Å². The molecule has 0 fully saturated rings. The summed E-state index contributed by atoms with van der Waals surface area (Å²) in [6.45, 7) is 9.87. The molecule has 0 amide bonds. The zero-order valence-corrected chi connectivity index (χ0v) is 20.3. The van der Waals surface area contributed by atoms with Crippen molar-refractivity contribution in [1.29, 1.82) is 0 Å². The van der Waals surface area contributed by atoms with Crippen LogP contribution in [0, 0.1) is 6.07 Å². The molecule has 0 bridgehead atoms. The number of rotatable bonds is 0. The van der Waals surface area contributed by atoms with Crippen molar-refractivity contribution in [3.63, 3.8) is 0 Å². The quantitative estimate of drug-likeness (QED) is 0.249. The first-order valence-electron chi connectivity index (χ1n) is 8.11. The van der Waals surface area contributed by atoms with E-state index in [1.807, 2.05) is 51.1 Å². The van der Waals surface area contributed by atoms with Gasteiger partial charge in [-0.1, -0.05) is 39.9 Å². The molecule has 0 spiro atoms. The van der Waals surface area contributed by atoms with Gasteiger partial charge in [0.2, 0.25) is 0 Å². The van der Waals surface area contributed by atoms with Crippen LogP contribution in [0.15, 0.2) is 72.8 Å². The minimum atomic E-state index is -0.556. The summed E-state index contributed by atoms with van der Waals surface area (Å²) in [4.78, 5) is 0. The predicted octanol–water partition coefficient (Wildman–Crippen LogP) is 8.05. The first kappa shape index (κ1) is 27.7. The Morgan fingerprint density at radius 3 is 1.77 bits per heavy atom. The van der Waals surface area contributed by atoms with Gasteiger partial charge in [0, 0.05) is 9.52 Å². The maximum Gasteiger partial charge on any atom is -0.0809 e. The number of fused-ring (bicyclic) bond motifs is 1. The third kappa shape index (κ3) is 23.5. The Hall–Kier alpha value is -0.479. The van der Waals surface area contributed by atoms with Crippen LogP contribution >= 0.6 is 18.6 Å². The van der Waals surface area contributed by atoms with E-state index in [1.54, 1.807) is 0 Å². The van der Waals surface area contributed by atoms with Crippen molar-refractivity contribution >= 4 is 38.9 Å². The Morgan fingerprint density at radius 2 is 1.42 bits per heavy atom. The van der Waals surface area contributed by atoms with Crippen LogP contribution in [0.25, 0.3) is 16.5 Å². The predicted molar refractivity (Wildman–Crippen MR) is 118 cm³/mol. The Balaban J connectivity index is 0. The fourth-order valence-corrected chi connectivity index (χ4v) is 1.41. The average Bonchev–Trinajstić information content (AvgIpc) is 3.06. The van der Waals surface area contributed by atoms with Gasteiger partial charge in [0.05, 0.1) is 0 Å². The van der Waals surface area contributed by atoms with Crippen molar-refractivity contribution in [2.75, 3.05) is 0 Å². The number of halogens is 2. The largest absolute Gasteiger partial charge is 0.184 e. The fraction of sp³-hybridized carbons (Fsp3) is 0.286. The second-order valence-corrected chi connectivity index (χ2v) is 9.63. The van der Waals surface area contributed by atoms with Crippen LogP contribution in [0.1, 0.15) is 20.8 Å². The zero-order chi connectivity index (χ0) is 20.3. The van der Waals surface area contributed by atoms with Gasteiger partial charge in [-0.2, -0.15) is 53.9 Å². The molecule has 2 radical (unpaired) electrons. The molecule has 1 nitrogen and oxygen atoms in total. The van der Waals surface area contributed by atoms with Gasteiger partial charge in [-0.15, -0.1) is 35.2 Å². The van der Waals surface area contributed by atoms with Crippen molar-refractivity contribution in [2.24, 2.45) is 0 Å². The van der Waals surface area contributed by atoms with Gasteiger partial charge < -0.3 is 5.73 Å². The topological polar surface area (TPSA) is 23.8 Å². The van der Waals surface area contributed by atoms with Gasteiger partial charge in [0.15, 0.2) is 0 Å². The van der Waals surface area contributed by atoms with Crippen LogP contribution in [-0.2, 0) is 17.0 Å². The Kier molecular flexibility index (Phi) is 20.6. The van der Waals surface area contributed by atoms with E-state index in [4.69, 9.17) is 24.3 Å². The van der Waals surface area contributed by atoms with E-state index in [2.05, 4.69) is 61.6 Å². The summed E-state index contributed by atoms with van der Waals surface area (Å²) in [5.74, 6) is 0. The fourth-order valence-electron chi connectivity index (χ4n) is 1.41. The van der Waals surface area contributed by atoms with Crippen LogP contribution in [-0.4, -0.2) is 15.1 Å². The maximum absolute atomic E-state index is 6.94. The van der Waals surface area contributed by atoms with Crippen LogP contribution in [0.5, 0.6) is 0 Å². The summed E-state index contributed by atoms with van der Waals surface area (Å²) in [7, 11) is 10.9. The van der Waals surface area contributed by atoms with E-state index in [0.717, 1.165) is 9.52 Å². The molecule has 0 aliphatic carbocycles. The first-order chi connectivity index (χ1) is 12.3. The molecule has 0 unspecified atom stereocenters. The normalized spacial score (nSPS) is 8.92. The van der Waals surface area contributed by atoms with Gasteiger partial charge >= 0.3 is 35.6 Å². The van der Waals surface area contributed by atoms with Gasteiger partial charge in [0.1, 0.15) is 0 Å². The smallest absolute Gasteiger partial charge is 0.0809 e. The third-order valence-electron chi connectivity index (χ3n) is 2.15. The maximum atomic E-state index is 6.94. The van der Waals surface area contributed by atoms with Gasteiger partial charge in [-0.25, -0.2) is 0 Å². The number of hydrogen-bond acceptors (Lipinski definition) is 0. The minimum absolute atomic E-state index is 0.250. The summed E-state index contributed by atoms with van der Waals surface area (Å²) in [5.41, 5.74) is 6.69. The second-order valence-electron chi connectivity index (χ2n) is 6.05. The SMILES string of the molecule is CC(C)(C)[NH-].C[Si]C.[Cl][Ti][Cl].[c-]1ccccc1.c1ccc2[cH-]ccc2c1. The molecule has 0 heterocycles. The molecule has 0 aliphatic rings. The number of hydrogen-bond donors (Lipinski definition) is 0. The molecular weight excluding hydrogens is 413 g/mol. The zero-order valence-electron chi connectivity index (χ0n) is 16.2. The van der Waals surface area contributed by atoms with Crippen molar-refractivity contribution in [3.8, 4) is 0 Å². The van der Waals surface area contributed by atoms with Gasteiger partial charge in [-0.3, -0.25) is 0 Å². The number of nitrogens with one attached hydrogen (secondary N) is 1. The molecule has 3 aromatic carbocycles. The molecule has 0 saturated heterocycles. The summed E-state index contributed by atoms with van der Waals surface area (Å²) in [6.07, 6.45) is 0. The van der Waals surface area contributed by atoms with E-state index in [-0.39, 0.29) is 5.54 Å². The number of benzene rings is 2. The van der Waals surface area contributed by atoms with E-state index >= 15 is 0 Å². The van der Waals surface area contributed by atoms with Crippen LogP contribution in [0.2, 0.25) is 13.1 Å². The van der Waals surface area contributed by atoms with Crippen molar-refractivity contribution in [1.82, 2.24) is 0 Å². The van der Waals surface area contributed by atoms with E-state index in [0.29, 0.717) is 0 Å². The third-order valence-corrected chi connectivity index (χ3v) is 2.15. The molecule has 3 rings (SSSR count). The van der Waals surface area contributed by atoms with Crippen LogP contribution in [0.3, 0.4) is 0 Å². The van der Waals surface area contributed by atoms with Crippen LogP contribution in [0.4, 0.5) is 0 Å². The first-order valence-corrected chi connectivity index (χ1v) is 14.4. The van der Waals surface area contributed by atoms with E-state index in [9.17, 15) is 0 Å². The molecule has 5 heteroatoms. The summed E-state index contributed by atoms with van der Waals surface area (Å²) in [6, 6.07) is 27.2. The standard InChI is InChI=1S/C9H7.C6H5.C4H10N.C2H6Si.2ClH.Ti/c1-2-5-9-7-3-6-8(9)4-1;1-2-4-6-5-3-1;1-4(2,3)5;1-3-2;;;/h1-7H;1-5H;5H,1-3H3;1-2H3;2*1H;/q3*-1;;;;+2/p-2. The van der Waals surface area contributed by atoms with Gasteiger partial charge in [0.25, 0.3) is 0 Å². The minimum Gasteiger partial charge on any atom is -0.184 e. The Morgan fingerprint density at radius 1 is 0.962 bits per heavy atom. The summed E-state index contributed by atoms with van der Waals surface area (Å²) >= 11 is -0.556. The molecule has 0 atom stereocenters. The molecular formula is C21H28Cl2NSiTi-3. The molecule has 142 valence electrons. The second kappa shape index (κ2) is 19.3. The summed E-state index contributed by atoms with van der Waals surface area (Å²) < 4.78 is 0. The molecule has 26 heavy (non-hydrogen) atoms. The average molecular weight is 441 g/mol. The van der Waals surface area contributed by atoms with Crippen molar-refractivity contribution < 1.29 is 17.0 Å². The molecule has 0 aliphatic heterocycles. The van der Waals surface area contributed by atoms with Gasteiger partial charge in [-0.05, 0) is 0 Å². The molecule has 1 N–H and O–H groups in total. The van der Waals surface area contributed by atoms with E-state index in [1.165, 1.54) is 10.8 Å². The molecule has 0 aromatic heterocycles. The monoisotopic (exact) mass is 440 g/mol. The van der Waals surface area contributed by atoms with Crippen molar-refractivity contribution in [2.45, 2.75) is 39.4 Å². The Bertz CT molecular complexity index is 560. The summed E-state index contributed by atoms with van der Waals surface area (Å²) in [5, 5.41) is 2.66. The van der Waals surface area contributed by atoms with E-state index < -0.39 is 17.0 Å². The Labute approximate surface area is 179 Å². The van der Waals surface area contributed by atoms with Crippen molar-refractivity contribution in [3.05, 3.63) is 84.6 Å². The molecule has 0 saturated carbocycles.